The van der Waals surface area contributed by atoms with Crippen LogP contribution in [-0.4, -0.2) is 49.5 Å². The summed E-state index contributed by atoms with van der Waals surface area (Å²) >= 11 is 7.79. The Hall–Kier alpha value is -4.32. The predicted octanol–water partition coefficient (Wildman–Crippen LogP) is 14.0. The SMILES string of the molecule is CCCc1cc2c(C)nc3c(-c4c(C)cc(C)cc4Br)c(C)nn3c2n1CCC(C)(C)OC(C)(C)CCn1c(CCC)cc2c(C)nc3c(-c4c(C)cc(C)cc4Br)c(C)nn3c21. The van der Waals surface area contributed by atoms with Crippen molar-refractivity contribution in [3.05, 3.63) is 102 Å². The number of benzene rings is 2. The Morgan fingerprint density at radius 1 is 0.524 bits per heavy atom. The van der Waals surface area contributed by atoms with E-state index in [1.165, 1.54) is 33.6 Å². The monoisotopic (exact) mass is 974 g/mol. The van der Waals surface area contributed by atoms with Crippen molar-refractivity contribution in [2.24, 2.45) is 0 Å². The number of nitrogens with zero attached hydrogens (tertiary/aromatic N) is 8. The molecule has 0 aliphatic carbocycles. The summed E-state index contributed by atoms with van der Waals surface area (Å²) in [5, 5.41) is 12.7. The van der Waals surface area contributed by atoms with Gasteiger partial charge in [0.2, 0.25) is 0 Å². The van der Waals surface area contributed by atoms with Gasteiger partial charge in [0.1, 0.15) is 11.3 Å². The first-order chi connectivity index (χ1) is 29.7. The van der Waals surface area contributed by atoms with Crippen molar-refractivity contribution in [3.8, 4) is 22.3 Å². The second-order valence-electron chi connectivity index (χ2n) is 19.3. The van der Waals surface area contributed by atoms with E-state index in [9.17, 15) is 0 Å². The van der Waals surface area contributed by atoms with Gasteiger partial charge in [0.15, 0.2) is 11.3 Å². The van der Waals surface area contributed by atoms with Gasteiger partial charge in [-0.3, -0.25) is 0 Å². The molecule has 0 saturated heterocycles. The molecule has 6 aromatic heterocycles. The highest BCUT2D eigenvalue weighted by molar-refractivity contribution is 9.11. The number of halogens is 2. The first kappa shape index (κ1) is 45.3. The normalized spacial score (nSPS) is 12.7. The van der Waals surface area contributed by atoms with Crippen LogP contribution < -0.4 is 0 Å². The summed E-state index contributed by atoms with van der Waals surface area (Å²) in [6.45, 7) is 32.2. The van der Waals surface area contributed by atoms with Crippen molar-refractivity contribution in [2.45, 2.75) is 160 Å². The number of aromatic nitrogens is 8. The number of fused-ring (bicyclic) bond motifs is 6. The molecule has 0 spiro atoms. The highest BCUT2D eigenvalue weighted by Crippen LogP contribution is 2.41. The third-order valence-electron chi connectivity index (χ3n) is 12.9. The molecule has 332 valence electrons. The van der Waals surface area contributed by atoms with Crippen LogP contribution in [0.5, 0.6) is 0 Å². The third-order valence-corrected chi connectivity index (χ3v) is 14.2. The second kappa shape index (κ2) is 16.9. The number of hydrogen-bond acceptors (Lipinski definition) is 5. The zero-order valence-corrected chi connectivity index (χ0v) is 43.0. The predicted molar refractivity (Wildman–Crippen MR) is 268 cm³/mol. The lowest BCUT2D eigenvalue weighted by Gasteiger charge is -2.37. The van der Waals surface area contributed by atoms with Crippen molar-refractivity contribution >= 4 is 65.2 Å². The van der Waals surface area contributed by atoms with Crippen molar-refractivity contribution in [3.63, 3.8) is 0 Å². The summed E-state index contributed by atoms with van der Waals surface area (Å²) < 4.78 is 18.5. The van der Waals surface area contributed by atoms with Gasteiger partial charge in [-0.15, -0.1) is 0 Å². The van der Waals surface area contributed by atoms with Gasteiger partial charge in [-0.25, -0.2) is 9.97 Å². The largest absolute Gasteiger partial charge is 0.370 e. The quantitative estimate of drug-likeness (QED) is 0.108. The summed E-state index contributed by atoms with van der Waals surface area (Å²) in [5.74, 6) is 0. The molecule has 2 aromatic carbocycles. The number of hydrogen-bond donors (Lipinski definition) is 0. The van der Waals surface area contributed by atoms with E-state index in [0.717, 1.165) is 139 Å². The molecule has 0 fully saturated rings. The Morgan fingerprint density at radius 2 is 0.905 bits per heavy atom. The van der Waals surface area contributed by atoms with E-state index in [1.54, 1.807) is 0 Å². The lowest BCUT2D eigenvalue weighted by Crippen LogP contribution is -2.38. The molecule has 8 aromatic rings. The lowest BCUT2D eigenvalue weighted by molar-refractivity contribution is -0.131. The van der Waals surface area contributed by atoms with E-state index >= 15 is 0 Å². The summed E-state index contributed by atoms with van der Waals surface area (Å²) in [6, 6.07) is 13.5. The Morgan fingerprint density at radius 3 is 1.25 bits per heavy atom. The maximum absolute atomic E-state index is 7.20. The minimum absolute atomic E-state index is 0.411. The average Bonchev–Trinajstić information content (AvgIpc) is 3.91. The van der Waals surface area contributed by atoms with E-state index in [-0.39, 0.29) is 0 Å². The molecule has 0 atom stereocenters. The van der Waals surface area contributed by atoms with Crippen LogP contribution in [0.1, 0.15) is 124 Å². The average molecular weight is 977 g/mol. The third kappa shape index (κ3) is 8.20. The van der Waals surface area contributed by atoms with Gasteiger partial charge in [0.25, 0.3) is 0 Å². The van der Waals surface area contributed by atoms with Crippen molar-refractivity contribution in [2.75, 3.05) is 0 Å². The van der Waals surface area contributed by atoms with Gasteiger partial charge in [-0.1, -0.05) is 70.7 Å². The fraction of sp³-hybridized carbons (Fsp3) is 0.462. The van der Waals surface area contributed by atoms with Crippen LogP contribution >= 0.6 is 31.9 Å². The molecule has 0 N–H and O–H groups in total. The number of rotatable bonds is 14. The fourth-order valence-corrected chi connectivity index (χ4v) is 12.0. The van der Waals surface area contributed by atoms with Crippen LogP contribution in [0, 0.1) is 55.4 Å². The lowest BCUT2D eigenvalue weighted by atomic mass is 9.99. The zero-order chi connectivity index (χ0) is 45.4. The van der Waals surface area contributed by atoms with Crippen LogP contribution in [0.4, 0.5) is 0 Å². The molecular weight excluding hydrogens is 912 g/mol. The number of ether oxygens (including phenoxy) is 1. The van der Waals surface area contributed by atoms with E-state index in [0.29, 0.717) is 0 Å². The zero-order valence-electron chi connectivity index (χ0n) is 39.9. The first-order valence-corrected chi connectivity index (χ1v) is 24.3. The summed E-state index contributed by atoms with van der Waals surface area (Å²) in [7, 11) is 0. The Bertz CT molecular complexity index is 2830. The Labute approximate surface area is 389 Å². The van der Waals surface area contributed by atoms with Gasteiger partial charge < -0.3 is 13.9 Å². The molecular formula is C52H64Br2N8O. The van der Waals surface area contributed by atoms with Crippen molar-refractivity contribution in [1.82, 2.24) is 38.3 Å². The van der Waals surface area contributed by atoms with Gasteiger partial charge in [0, 0.05) is 55.3 Å². The van der Waals surface area contributed by atoms with Crippen LogP contribution in [0.2, 0.25) is 0 Å². The second-order valence-corrected chi connectivity index (χ2v) is 21.0. The Kier molecular flexibility index (Phi) is 12.1. The number of aryl methyl sites for hydroxylation is 12. The summed E-state index contributed by atoms with van der Waals surface area (Å²) in [4.78, 5) is 10.5. The molecule has 0 unspecified atom stereocenters. The van der Waals surface area contributed by atoms with E-state index < -0.39 is 11.2 Å². The van der Waals surface area contributed by atoms with Crippen molar-refractivity contribution in [1.29, 1.82) is 0 Å². The summed E-state index contributed by atoms with van der Waals surface area (Å²) in [6.07, 6.45) is 5.72. The topological polar surface area (TPSA) is 79.5 Å². The standard InChI is InChI=1S/C52H64Br2N8O/c1-15-17-37-27-39-33(7)55-47-45(43-31(5)23-29(3)25-41(43)53)35(9)57-61(47)49(39)59(37)21-19-51(11,12)63-52(13,14)20-22-60-38(18-16-2)28-40-34(8)56-48-46(36(10)58-62(48)50(40)60)44-32(6)24-30(4)26-42(44)54/h23-28H,15-22H2,1-14H3. The molecule has 11 heteroatoms. The molecule has 8 rings (SSSR count). The Balaban J connectivity index is 1.11. The van der Waals surface area contributed by atoms with Gasteiger partial charge in [0.05, 0.1) is 45.1 Å². The first-order valence-electron chi connectivity index (χ1n) is 22.7. The van der Waals surface area contributed by atoms with E-state index in [2.05, 4.69) is 183 Å². The molecule has 63 heavy (non-hydrogen) atoms. The molecule has 9 nitrogen and oxygen atoms in total. The van der Waals surface area contributed by atoms with E-state index in [4.69, 9.17) is 24.9 Å². The molecule has 0 bridgehead atoms. The van der Waals surface area contributed by atoms with Crippen LogP contribution in [-0.2, 0) is 30.7 Å². The van der Waals surface area contributed by atoms with Crippen LogP contribution in [0.25, 0.3) is 55.6 Å². The fourth-order valence-electron chi connectivity index (χ4n) is 10.2. The highest BCUT2D eigenvalue weighted by Gasteiger charge is 2.32. The van der Waals surface area contributed by atoms with Crippen LogP contribution in [0.3, 0.4) is 0 Å². The van der Waals surface area contributed by atoms with Crippen LogP contribution in [0.15, 0.2) is 45.3 Å². The molecule has 0 aliphatic heterocycles. The minimum Gasteiger partial charge on any atom is -0.370 e. The smallest absolute Gasteiger partial charge is 0.165 e. The molecule has 6 heterocycles. The molecule has 0 aliphatic rings. The molecule has 0 amide bonds. The highest BCUT2D eigenvalue weighted by atomic mass is 79.9. The van der Waals surface area contributed by atoms with Gasteiger partial charge >= 0.3 is 0 Å². The molecule has 0 radical (unpaired) electrons. The van der Waals surface area contributed by atoms with Gasteiger partial charge in [-0.2, -0.15) is 19.2 Å². The maximum Gasteiger partial charge on any atom is 0.165 e. The van der Waals surface area contributed by atoms with Crippen molar-refractivity contribution < 1.29 is 4.74 Å². The summed E-state index contributed by atoms with van der Waals surface area (Å²) in [5.41, 5.74) is 19.1. The van der Waals surface area contributed by atoms with Gasteiger partial charge in [-0.05, 0) is 155 Å². The maximum atomic E-state index is 7.20. The minimum atomic E-state index is -0.411. The molecule has 0 saturated carbocycles. The van der Waals surface area contributed by atoms with E-state index in [1.807, 2.05) is 0 Å².